The molecule has 0 bridgehead atoms. The maximum atomic E-state index is 13.2. The highest BCUT2D eigenvalue weighted by atomic mass is 16.5. The highest BCUT2D eigenvalue weighted by Gasteiger charge is 2.43. The largest absolute Gasteiger partial charge is 0.465 e. The average Bonchev–Trinajstić information content (AvgIpc) is 3.95. The summed E-state index contributed by atoms with van der Waals surface area (Å²) in [5, 5.41) is 9.35. The second-order valence-corrected chi connectivity index (χ2v) is 18.5. The smallest absolute Gasteiger partial charge is 0.311 e. The molecule has 326 valence electrons. The van der Waals surface area contributed by atoms with E-state index in [1.807, 2.05) is 0 Å². The molecule has 1 fully saturated rings. The SMILES string of the molecule is CCCCCCCCCC(=O)OCC1(CCCCCN(CCCCO)CCCCCCC(C)(C)C(=O)OCC(CCCCCCC)CCCCCCC)CC1. The lowest BCUT2D eigenvalue weighted by Gasteiger charge is -2.25. The number of aliphatic hydroxyl groups is 1. The van der Waals surface area contributed by atoms with Crippen LogP contribution in [-0.2, 0) is 19.1 Å². The topological polar surface area (TPSA) is 76.1 Å². The Bertz CT molecular complexity index is 873. The van der Waals surface area contributed by atoms with Gasteiger partial charge in [-0.25, -0.2) is 0 Å². The minimum atomic E-state index is -0.420. The standard InChI is InChI=1S/C49H95NO5/c1-6-9-12-15-16-19-25-34-46(52)55-44-49(37-38-49)36-27-22-29-40-50(41-30-31-42-51)39-28-21-20-26-35-48(4,5)47(53)54-43-45(32-23-17-13-10-7-2)33-24-18-14-11-8-3/h45,51H,6-44H2,1-5H3. The molecular weight excluding hydrogens is 683 g/mol. The Morgan fingerprint density at radius 2 is 1.07 bits per heavy atom. The first-order valence-electron chi connectivity index (χ1n) is 24.4. The Hall–Kier alpha value is -1.14. The average molecular weight is 778 g/mol. The molecule has 0 aliphatic heterocycles. The molecule has 1 aliphatic carbocycles. The number of esters is 2. The van der Waals surface area contributed by atoms with Crippen LogP contribution >= 0.6 is 0 Å². The lowest BCUT2D eigenvalue weighted by atomic mass is 9.86. The predicted octanol–water partition coefficient (Wildman–Crippen LogP) is 13.9. The molecular formula is C49H95NO5. The maximum Gasteiger partial charge on any atom is 0.311 e. The number of hydrogen-bond acceptors (Lipinski definition) is 6. The van der Waals surface area contributed by atoms with Gasteiger partial charge in [0.15, 0.2) is 0 Å². The van der Waals surface area contributed by atoms with Crippen LogP contribution in [0.25, 0.3) is 0 Å². The van der Waals surface area contributed by atoms with E-state index in [1.165, 1.54) is 161 Å². The van der Waals surface area contributed by atoms with E-state index >= 15 is 0 Å². The first-order valence-corrected chi connectivity index (χ1v) is 24.4. The second-order valence-electron chi connectivity index (χ2n) is 18.5. The monoisotopic (exact) mass is 778 g/mol. The second kappa shape index (κ2) is 34.9. The van der Waals surface area contributed by atoms with Crippen LogP contribution in [0, 0.1) is 16.7 Å². The number of ether oxygens (including phenoxy) is 2. The Balaban J connectivity index is 2.29. The fourth-order valence-electron chi connectivity index (χ4n) is 8.10. The van der Waals surface area contributed by atoms with E-state index < -0.39 is 5.41 Å². The maximum absolute atomic E-state index is 13.2. The van der Waals surface area contributed by atoms with Crippen molar-refractivity contribution >= 4 is 11.9 Å². The molecule has 0 aromatic carbocycles. The Labute approximate surface area is 342 Å². The lowest BCUT2D eigenvalue weighted by Crippen LogP contribution is -2.29. The number of rotatable bonds is 42. The minimum absolute atomic E-state index is 0.00283. The molecule has 0 saturated heterocycles. The molecule has 0 heterocycles. The quantitative estimate of drug-likeness (QED) is 0.0491. The molecule has 1 aliphatic rings. The molecule has 55 heavy (non-hydrogen) atoms. The lowest BCUT2D eigenvalue weighted by molar-refractivity contribution is -0.156. The number of hydrogen-bond donors (Lipinski definition) is 1. The Kier molecular flexibility index (Phi) is 32.9. The van der Waals surface area contributed by atoms with Gasteiger partial charge in [-0.1, -0.05) is 156 Å². The third-order valence-electron chi connectivity index (χ3n) is 12.5. The number of aliphatic hydroxyl groups excluding tert-OH is 1. The van der Waals surface area contributed by atoms with E-state index in [1.54, 1.807) is 0 Å². The van der Waals surface area contributed by atoms with Crippen LogP contribution in [0.4, 0.5) is 0 Å². The van der Waals surface area contributed by atoms with Gasteiger partial charge in [0.2, 0.25) is 0 Å². The number of carbonyl (C=O) groups is 2. The molecule has 0 aromatic heterocycles. The van der Waals surface area contributed by atoms with E-state index in [2.05, 4.69) is 39.5 Å². The van der Waals surface area contributed by atoms with Gasteiger partial charge >= 0.3 is 11.9 Å². The van der Waals surface area contributed by atoms with Crippen LogP contribution in [0.3, 0.4) is 0 Å². The van der Waals surface area contributed by atoms with Gasteiger partial charge in [0, 0.05) is 18.4 Å². The van der Waals surface area contributed by atoms with Crippen molar-refractivity contribution in [3.8, 4) is 0 Å². The van der Waals surface area contributed by atoms with Gasteiger partial charge in [0.05, 0.1) is 18.6 Å². The molecule has 1 saturated carbocycles. The Morgan fingerprint density at radius 3 is 1.62 bits per heavy atom. The normalized spacial score (nSPS) is 13.9. The third-order valence-corrected chi connectivity index (χ3v) is 12.5. The van der Waals surface area contributed by atoms with Crippen LogP contribution in [0.2, 0.25) is 0 Å². The minimum Gasteiger partial charge on any atom is -0.465 e. The van der Waals surface area contributed by atoms with Gasteiger partial charge in [-0.05, 0) is 110 Å². The molecule has 6 heteroatoms. The summed E-state index contributed by atoms with van der Waals surface area (Å²) < 4.78 is 11.8. The van der Waals surface area contributed by atoms with Crippen molar-refractivity contribution in [1.82, 2.24) is 4.90 Å². The zero-order valence-electron chi connectivity index (χ0n) is 37.7. The third kappa shape index (κ3) is 29.7. The first kappa shape index (κ1) is 51.9. The summed E-state index contributed by atoms with van der Waals surface area (Å²) in [6.07, 6.45) is 39.3. The predicted molar refractivity (Wildman–Crippen MR) is 235 cm³/mol. The van der Waals surface area contributed by atoms with Gasteiger partial charge < -0.3 is 19.5 Å². The number of unbranched alkanes of at least 4 members (excludes halogenated alkanes) is 20. The fourth-order valence-corrected chi connectivity index (χ4v) is 8.10. The molecule has 1 N–H and O–H groups in total. The van der Waals surface area contributed by atoms with Crippen LogP contribution < -0.4 is 0 Å². The van der Waals surface area contributed by atoms with Gasteiger partial charge in [0.25, 0.3) is 0 Å². The van der Waals surface area contributed by atoms with Crippen LogP contribution in [0.5, 0.6) is 0 Å². The summed E-state index contributed by atoms with van der Waals surface area (Å²) in [7, 11) is 0. The molecule has 0 spiro atoms. The van der Waals surface area contributed by atoms with Crippen molar-refractivity contribution in [1.29, 1.82) is 0 Å². The summed E-state index contributed by atoms with van der Waals surface area (Å²) >= 11 is 0. The van der Waals surface area contributed by atoms with Gasteiger partial charge in [0.1, 0.15) is 0 Å². The van der Waals surface area contributed by atoms with E-state index in [0.29, 0.717) is 25.6 Å². The van der Waals surface area contributed by atoms with Crippen molar-refractivity contribution in [3.63, 3.8) is 0 Å². The van der Waals surface area contributed by atoms with Crippen LogP contribution in [0.15, 0.2) is 0 Å². The molecule has 0 amide bonds. The molecule has 6 nitrogen and oxygen atoms in total. The van der Waals surface area contributed by atoms with Crippen molar-refractivity contribution in [3.05, 3.63) is 0 Å². The van der Waals surface area contributed by atoms with E-state index in [0.717, 1.165) is 64.6 Å². The van der Waals surface area contributed by atoms with E-state index in [9.17, 15) is 14.7 Å². The van der Waals surface area contributed by atoms with Crippen molar-refractivity contribution in [2.75, 3.05) is 39.5 Å². The summed E-state index contributed by atoms with van der Waals surface area (Å²) in [5.41, 5.74) is -0.150. The van der Waals surface area contributed by atoms with Gasteiger partial charge in [-0.2, -0.15) is 0 Å². The van der Waals surface area contributed by atoms with E-state index in [-0.39, 0.29) is 24.0 Å². The van der Waals surface area contributed by atoms with Crippen molar-refractivity contribution in [2.24, 2.45) is 16.7 Å². The molecule has 0 unspecified atom stereocenters. The number of carbonyl (C=O) groups excluding carboxylic acids is 2. The summed E-state index contributed by atoms with van der Waals surface area (Å²) in [6.45, 7) is 15.8. The van der Waals surface area contributed by atoms with E-state index in [4.69, 9.17) is 9.47 Å². The van der Waals surface area contributed by atoms with Crippen molar-refractivity contribution < 1.29 is 24.2 Å². The van der Waals surface area contributed by atoms with Crippen molar-refractivity contribution in [2.45, 2.75) is 247 Å². The zero-order chi connectivity index (χ0) is 40.3. The highest BCUT2D eigenvalue weighted by molar-refractivity contribution is 5.75. The molecule has 0 aromatic rings. The van der Waals surface area contributed by atoms with Crippen LogP contribution in [-0.4, -0.2) is 61.4 Å². The van der Waals surface area contributed by atoms with Crippen LogP contribution in [0.1, 0.15) is 247 Å². The zero-order valence-corrected chi connectivity index (χ0v) is 37.7. The molecule has 1 rings (SSSR count). The fraction of sp³-hybridized carbons (Fsp3) is 0.959. The molecule has 0 radical (unpaired) electrons. The van der Waals surface area contributed by atoms with Gasteiger partial charge in [-0.3, -0.25) is 9.59 Å². The highest BCUT2D eigenvalue weighted by Crippen LogP contribution is 2.50. The molecule has 0 atom stereocenters. The number of nitrogens with zero attached hydrogens (tertiary/aromatic N) is 1. The first-order chi connectivity index (χ1) is 26.7. The summed E-state index contributed by atoms with van der Waals surface area (Å²) in [5.74, 6) is 0.520. The Morgan fingerprint density at radius 1 is 0.600 bits per heavy atom. The summed E-state index contributed by atoms with van der Waals surface area (Å²) in [6, 6.07) is 0. The van der Waals surface area contributed by atoms with Gasteiger partial charge in [-0.15, -0.1) is 0 Å². The summed E-state index contributed by atoms with van der Waals surface area (Å²) in [4.78, 5) is 28.1.